The Morgan fingerprint density at radius 3 is 2.43 bits per heavy atom. The van der Waals surface area contributed by atoms with Gasteiger partial charge in [-0.05, 0) is 69.6 Å². The number of aromatic nitrogens is 1. The SMILES string of the molecule is CC(C(=O)NC(=O)NC12CC3CC(CC(C3)C1)C2)N1CCCN(c2nccs2)CC1. The predicted molar refractivity (Wildman–Crippen MR) is 118 cm³/mol. The van der Waals surface area contributed by atoms with E-state index in [1.807, 2.05) is 18.5 Å². The largest absolute Gasteiger partial charge is 0.347 e. The molecule has 1 unspecified atom stereocenters. The fourth-order valence-corrected chi connectivity index (χ4v) is 7.50. The maximum Gasteiger partial charge on any atom is 0.321 e. The van der Waals surface area contributed by atoms with Crippen molar-refractivity contribution in [3.63, 3.8) is 0 Å². The molecule has 0 radical (unpaired) electrons. The quantitative estimate of drug-likeness (QED) is 0.767. The summed E-state index contributed by atoms with van der Waals surface area (Å²) in [6.45, 7) is 5.36. The van der Waals surface area contributed by atoms with Gasteiger partial charge in [-0.1, -0.05) is 0 Å². The molecule has 4 aliphatic carbocycles. The molecule has 4 saturated carbocycles. The van der Waals surface area contributed by atoms with E-state index in [1.54, 1.807) is 11.3 Å². The minimum absolute atomic E-state index is 0.0703. The normalized spacial score (nSPS) is 34.4. The van der Waals surface area contributed by atoms with Crippen LogP contribution in [0.4, 0.5) is 9.93 Å². The highest BCUT2D eigenvalue weighted by Crippen LogP contribution is 2.55. The Morgan fingerprint density at radius 2 is 1.80 bits per heavy atom. The molecular weight excluding hydrogens is 398 g/mol. The van der Waals surface area contributed by atoms with Gasteiger partial charge in [-0.2, -0.15) is 0 Å². The van der Waals surface area contributed by atoms with E-state index < -0.39 is 0 Å². The molecule has 0 aromatic carbocycles. The maximum atomic E-state index is 12.8. The van der Waals surface area contributed by atoms with Crippen molar-refractivity contribution in [1.82, 2.24) is 20.5 Å². The number of hydrogen-bond acceptors (Lipinski definition) is 6. The molecule has 1 aliphatic heterocycles. The van der Waals surface area contributed by atoms with Gasteiger partial charge in [0.2, 0.25) is 5.91 Å². The molecule has 6 rings (SSSR count). The minimum Gasteiger partial charge on any atom is -0.347 e. The summed E-state index contributed by atoms with van der Waals surface area (Å²) >= 11 is 1.65. The number of carbonyl (C=O) groups excluding carboxylic acids is 2. The molecule has 0 spiro atoms. The fraction of sp³-hybridized carbons (Fsp3) is 0.773. The highest BCUT2D eigenvalue weighted by Gasteiger charge is 2.51. The number of carbonyl (C=O) groups is 2. The second-order valence-electron chi connectivity index (χ2n) is 10.0. The highest BCUT2D eigenvalue weighted by molar-refractivity contribution is 7.13. The summed E-state index contributed by atoms with van der Waals surface area (Å²) in [6, 6.07) is -0.614. The van der Waals surface area contributed by atoms with Crippen LogP contribution in [0.3, 0.4) is 0 Å². The van der Waals surface area contributed by atoms with Gasteiger partial charge in [0.25, 0.3) is 0 Å². The topological polar surface area (TPSA) is 77.6 Å². The van der Waals surface area contributed by atoms with Crippen LogP contribution in [0.1, 0.15) is 51.9 Å². The minimum atomic E-state index is -0.316. The molecule has 1 atom stereocenters. The van der Waals surface area contributed by atoms with Gasteiger partial charge < -0.3 is 10.2 Å². The third-order valence-electron chi connectivity index (χ3n) is 7.80. The molecule has 30 heavy (non-hydrogen) atoms. The van der Waals surface area contributed by atoms with Crippen molar-refractivity contribution in [3.05, 3.63) is 11.6 Å². The average molecular weight is 432 g/mol. The molecule has 1 aromatic heterocycles. The first kappa shape index (κ1) is 20.2. The number of urea groups is 1. The van der Waals surface area contributed by atoms with Crippen molar-refractivity contribution >= 4 is 28.4 Å². The van der Waals surface area contributed by atoms with Crippen molar-refractivity contribution in [2.45, 2.75) is 63.5 Å². The molecule has 1 aromatic rings. The number of nitrogens with zero attached hydrogens (tertiary/aromatic N) is 3. The summed E-state index contributed by atoms with van der Waals surface area (Å²) in [5.41, 5.74) is -0.0703. The Morgan fingerprint density at radius 1 is 1.10 bits per heavy atom. The van der Waals surface area contributed by atoms with Crippen LogP contribution in [-0.2, 0) is 4.79 Å². The van der Waals surface area contributed by atoms with E-state index in [0.29, 0.717) is 0 Å². The maximum absolute atomic E-state index is 12.8. The molecule has 4 bridgehead atoms. The van der Waals surface area contributed by atoms with Gasteiger partial charge in [-0.15, -0.1) is 11.3 Å². The number of thiazole rings is 1. The predicted octanol–water partition coefficient (Wildman–Crippen LogP) is 2.84. The van der Waals surface area contributed by atoms with Crippen molar-refractivity contribution in [2.75, 3.05) is 31.1 Å². The lowest BCUT2D eigenvalue weighted by Crippen LogP contribution is -2.62. The molecule has 164 valence electrons. The van der Waals surface area contributed by atoms with Crippen LogP contribution in [0, 0.1) is 17.8 Å². The Balaban J connectivity index is 1.14. The van der Waals surface area contributed by atoms with Gasteiger partial charge in [0, 0.05) is 43.3 Å². The van der Waals surface area contributed by atoms with E-state index in [4.69, 9.17) is 0 Å². The Bertz CT molecular complexity index is 747. The summed E-state index contributed by atoms with van der Waals surface area (Å²) in [5.74, 6) is 2.11. The van der Waals surface area contributed by atoms with E-state index in [2.05, 4.69) is 25.4 Å². The van der Waals surface area contributed by atoms with Gasteiger partial charge in [-0.25, -0.2) is 9.78 Å². The van der Waals surface area contributed by atoms with E-state index in [1.165, 1.54) is 19.3 Å². The molecule has 7 nitrogen and oxygen atoms in total. The zero-order valence-electron chi connectivity index (χ0n) is 17.8. The van der Waals surface area contributed by atoms with E-state index in [-0.39, 0.29) is 23.5 Å². The molecule has 5 fully saturated rings. The molecule has 8 heteroatoms. The van der Waals surface area contributed by atoms with Crippen LogP contribution in [-0.4, -0.2) is 59.6 Å². The summed E-state index contributed by atoms with van der Waals surface area (Å²) in [5, 5.41) is 8.95. The zero-order chi connectivity index (χ0) is 20.7. The van der Waals surface area contributed by atoms with Crippen LogP contribution in [0.15, 0.2) is 11.6 Å². The summed E-state index contributed by atoms with van der Waals surface area (Å²) in [6.07, 6.45) is 10.1. The van der Waals surface area contributed by atoms with Crippen molar-refractivity contribution in [2.24, 2.45) is 17.8 Å². The lowest BCUT2D eigenvalue weighted by Gasteiger charge is -2.56. The van der Waals surface area contributed by atoms with Crippen LogP contribution in [0.25, 0.3) is 0 Å². The smallest absolute Gasteiger partial charge is 0.321 e. The average Bonchev–Trinajstić information content (AvgIpc) is 3.10. The standard InChI is InChI=1S/C22H33N5O2S/c1-15(26-4-2-5-27(7-6-26)21-23-3-8-30-21)19(28)24-20(29)25-22-12-16-9-17(13-22)11-18(10-16)14-22/h3,8,15-18H,2,4-7,9-14H2,1H3,(H2,24,25,28,29). The first-order chi connectivity index (χ1) is 14.5. The number of nitrogens with one attached hydrogen (secondary N) is 2. The number of anilines is 1. The van der Waals surface area contributed by atoms with Crippen molar-refractivity contribution < 1.29 is 9.59 Å². The van der Waals surface area contributed by atoms with Crippen LogP contribution in [0.2, 0.25) is 0 Å². The lowest BCUT2D eigenvalue weighted by atomic mass is 9.53. The summed E-state index contributed by atoms with van der Waals surface area (Å²) < 4.78 is 0. The second kappa shape index (κ2) is 8.11. The molecular formula is C22H33N5O2S. The summed E-state index contributed by atoms with van der Waals surface area (Å²) in [4.78, 5) is 34.4. The van der Waals surface area contributed by atoms with E-state index >= 15 is 0 Å². The molecule has 2 N–H and O–H groups in total. The Labute approximate surface area is 182 Å². The monoisotopic (exact) mass is 431 g/mol. The van der Waals surface area contributed by atoms with Gasteiger partial charge in [0.05, 0.1) is 6.04 Å². The van der Waals surface area contributed by atoms with Gasteiger partial charge >= 0.3 is 6.03 Å². The van der Waals surface area contributed by atoms with Crippen molar-refractivity contribution in [1.29, 1.82) is 0 Å². The molecule has 3 amide bonds. The molecule has 5 aliphatic rings. The Hall–Kier alpha value is -1.67. The number of rotatable bonds is 4. The van der Waals surface area contributed by atoms with Gasteiger partial charge in [-0.3, -0.25) is 15.0 Å². The van der Waals surface area contributed by atoms with Gasteiger partial charge in [0.1, 0.15) is 0 Å². The van der Waals surface area contributed by atoms with Crippen molar-refractivity contribution in [3.8, 4) is 0 Å². The zero-order valence-corrected chi connectivity index (χ0v) is 18.6. The first-order valence-corrected chi connectivity index (χ1v) is 12.4. The van der Waals surface area contributed by atoms with Crippen LogP contribution in [0.5, 0.6) is 0 Å². The van der Waals surface area contributed by atoms with E-state index in [0.717, 1.165) is 74.7 Å². The lowest BCUT2D eigenvalue weighted by molar-refractivity contribution is -0.124. The summed E-state index contributed by atoms with van der Waals surface area (Å²) in [7, 11) is 0. The van der Waals surface area contributed by atoms with Crippen LogP contribution < -0.4 is 15.5 Å². The fourth-order valence-electron chi connectivity index (χ4n) is 6.81. The Kier molecular flexibility index (Phi) is 5.47. The number of imide groups is 1. The second-order valence-corrected chi connectivity index (χ2v) is 10.9. The molecule has 2 heterocycles. The van der Waals surface area contributed by atoms with Crippen LogP contribution >= 0.6 is 11.3 Å². The molecule has 1 saturated heterocycles. The van der Waals surface area contributed by atoms with E-state index in [9.17, 15) is 9.59 Å². The number of amides is 3. The number of hydrogen-bond donors (Lipinski definition) is 2. The first-order valence-electron chi connectivity index (χ1n) is 11.5. The van der Waals surface area contributed by atoms with Gasteiger partial charge in [0.15, 0.2) is 5.13 Å². The third-order valence-corrected chi connectivity index (χ3v) is 8.63. The third kappa shape index (κ3) is 4.08. The highest BCUT2D eigenvalue weighted by atomic mass is 32.1.